The van der Waals surface area contributed by atoms with Gasteiger partial charge in [0, 0.05) is 47.8 Å². The second-order valence-corrected chi connectivity index (χ2v) is 10.1. The molecule has 4 heterocycles. The molecule has 6 nitrogen and oxygen atoms in total. The van der Waals surface area contributed by atoms with Crippen LogP contribution in [-0.4, -0.2) is 51.6 Å². The third-order valence-corrected chi connectivity index (χ3v) is 8.26. The highest BCUT2D eigenvalue weighted by Crippen LogP contribution is 2.38. The lowest BCUT2D eigenvalue weighted by atomic mass is 9.78. The second kappa shape index (κ2) is 9.26. The summed E-state index contributed by atoms with van der Waals surface area (Å²) in [5.41, 5.74) is 3.45. The molecule has 2 bridgehead atoms. The van der Waals surface area contributed by atoms with E-state index in [0.29, 0.717) is 18.1 Å². The first-order valence-corrected chi connectivity index (χ1v) is 12.4. The molecule has 4 aliphatic rings. The number of hydrogen-bond donors (Lipinski definition) is 2. The summed E-state index contributed by atoms with van der Waals surface area (Å²) in [5, 5.41) is 11.5. The Morgan fingerprint density at radius 1 is 1.06 bits per heavy atom. The number of fused-ring (bicyclic) bond motifs is 5. The summed E-state index contributed by atoms with van der Waals surface area (Å²) in [6.07, 6.45) is 12.8. The Labute approximate surface area is 190 Å². The van der Waals surface area contributed by atoms with Gasteiger partial charge in [-0.15, -0.1) is 0 Å². The largest absolute Gasteiger partial charge is 0.483 e. The number of nitrogens with zero attached hydrogens (tertiary/aromatic N) is 2. The van der Waals surface area contributed by atoms with Crippen LogP contribution in [0.1, 0.15) is 73.8 Å². The molecule has 1 aliphatic carbocycles. The zero-order valence-corrected chi connectivity index (χ0v) is 18.8. The van der Waals surface area contributed by atoms with E-state index in [9.17, 15) is 4.79 Å². The maximum Gasteiger partial charge on any atom is 0.290 e. The van der Waals surface area contributed by atoms with Crippen molar-refractivity contribution in [3.05, 3.63) is 35.5 Å². The SMILES string of the molecule is O=C(NC1CC2CCCC(C1)N2CC1CCC1)c1c2n(c3ccccc13)CCC2.O=CO. The predicted molar refractivity (Wildman–Crippen MR) is 125 cm³/mol. The van der Waals surface area contributed by atoms with Gasteiger partial charge in [-0.3, -0.25) is 14.5 Å². The van der Waals surface area contributed by atoms with Gasteiger partial charge in [-0.05, 0) is 63.4 Å². The first-order chi connectivity index (χ1) is 15.7. The number of nitrogens with one attached hydrogen (secondary N) is 1. The molecule has 1 amide bonds. The molecule has 0 spiro atoms. The van der Waals surface area contributed by atoms with Crippen LogP contribution in [0.4, 0.5) is 0 Å². The van der Waals surface area contributed by atoms with E-state index in [2.05, 4.69) is 39.0 Å². The summed E-state index contributed by atoms with van der Waals surface area (Å²) in [6.45, 7) is 2.11. The number of aromatic nitrogens is 1. The Kier molecular flexibility index (Phi) is 6.22. The first kappa shape index (κ1) is 21.5. The average Bonchev–Trinajstić information content (AvgIpc) is 3.32. The predicted octanol–water partition coefficient (Wildman–Crippen LogP) is 4.20. The van der Waals surface area contributed by atoms with Gasteiger partial charge < -0.3 is 15.0 Å². The molecule has 1 aromatic carbocycles. The van der Waals surface area contributed by atoms with Gasteiger partial charge in [-0.1, -0.05) is 31.0 Å². The van der Waals surface area contributed by atoms with Crippen molar-refractivity contribution >= 4 is 23.3 Å². The molecule has 32 heavy (non-hydrogen) atoms. The van der Waals surface area contributed by atoms with Crippen LogP contribution >= 0.6 is 0 Å². The fraction of sp³-hybridized carbons (Fsp3) is 0.615. The summed E-state index contributed by atoms with van der Waals surface area (Å²) in [5.74, 6) is 1.12. The molecule has 2 N–H and O–H groups in total. The highest BCUT2D eigenvalue weighted by molar-refractivity contribution is 6.08. The number of aryl methyl sites for hydroxylation is 1. The zero-order valence-electron chi connectivity index (χ0n) is 18.8. The molecule has 3 fully saturated rings. The van der Waals surface area contributed by atoms with Crippen molar-refractivity contribution < 1.29 is 14.7 Å². The fourth-order valence-corrected chi connectivity index (χ4v) is 6.66. The monoisotopic (exact) mass is 437 g/mol. The van der Waals surface area contributed by atoms with Crippen molar-refractivity contribution in [2.75, 3.05) is 6.54 Å². The number of rotatable bonds is 4. The van der Waals surface area contributed by atoms with Gasteiger partial charge in [0.25, 0.3) is 12.4 Å². The number of para-hydroxylation sites is 1. The van der Waals surface area contributed by atoms with Crippen LogP contribution in [0.5, 0.6) is 0 Å². The third kappa shape index (κ3) is 3.94. The van der Waals surface area contributed by atoms with Gasteiger partial charge >= 0.3 is 0 Å². The highest BCUT2D eigenvalue weighted by Gasteiger charge is 2.40. The molecule has 6 heteroatoms. The molecule has 2 atom stereocenters. The molecule has 2 aromatic rings. The number of benzene rings is 1. The van der Waals surface area contributed by atoms with Crippen molar-refractivity contribution in [2.45, 2.75) is 88.9 Å². The molecule has 172 valence electrons. The Morgan fingerprint density at radius 2 is 1.75 bits per heavy atom. The Bertz CT molecular complexity index is 966. The lowest BCUT2D eigenvalue weighted by Crippen LogP contribution is -2.58. The summed E-state index contributed by atoms with van der Waals surface area (Å²) in [7, 11) is 0. The maximum absolute atomic E-state index is 13.4. The number of amides is 1. The van der Waals surface area contributed by atoms with E-state index in [1.54, 1.807) is 0 Å². The van der Waals surface area contributed by atoms with Crippen molar-refractivity contribution in [1.82, 2.24) is 14.8 Å². The van der Waals surface area contributed by atoms with Gasteiger partial charge in [0.1, 0.15) is 0 Å². The lowest BCUT2D eigenvalue weighted by Gasteiger charge is -2.51. The van der Waals surface area contributed by atoms with E-state index >= 15 is 0 Å². The molecule has 6 rings (SSSR count). The van der Waals surface area contributed by atoms with Crippen molar-refractivity contribution in [2.24, 2.45) is 5.92 Å². The number of carboxylic acid groups (broad SMARTS) is 1. The molecular formula is C26H35N3O3. The van der Waals surface area contributed by atoms with Gasteiger partial charge in [0.2, 0.25) is 0 Å². The summed E-state index contributed by atoms with van der Waals surface area (Å²) in [6, 6.07) is 10.2. The quantitative estimate of drug-likeness (QED) is 0.703. The minimum Gasteiger partial charge on any atom is -0.483 e. The van der Waals surface area contributed by atoms with Crippen molar-refractivity contribution in [1.29, 1.82) is 0 Å². The highest BCUT2D eigenvalue weighted by atomic mass is 16.3. The number of carbonyl (C=O) groups is 2. The summed E-state index contributed by atoms with van der Waals surface area (Å²) >= 11 is 0. The topological polar surface area (TPSA) is 74.6 Å². The van der Waals surface area contributed by atoms with E-state index in [4.69, 9.17) is 9.90 Å². The van der Waals surface area contributed by atoms with Crippen LogP contribution in [0.3, 0.4) is 0 Å². The zero-order chi connectivity index (χ0) is 22.1. The van der Waals surface area contributed by atoms with Crippen molar-refractivity contribution in [3.63, 3.8) is 0 Å². The molecule has 2 saturated heterocycles. The van der Waals surface area contributed by atoms with Crippen LogP contribution in [0.25, 0.3) is 10.9 Å². The van der Waals surface area contributed by atoms with E-state index in [1.165, 1.54) is 56.3 Å². The summed E-state index contributed by atoms with van der Waals surface area (Å²) < 4.78 is 2.38. The normalized spacial score (nSPS) is 27.2. The molecule has 1 saturated carbocycles. The Hall–Kier alpha value is -2.34. The van der Waals surface area contributed by atoms with Gasteiger partial charge in [0.15, 0.2) is 0 Å². The van der Waals surface area contributed by atoms with E-state index in [0.717, 1.165) is 49.1 Å². The number of piperidine rings is 2. The minimum absolute atomic E-state index is 0.173. The Balaban J connectivity index is 0.000000684. The summed E-state index contributed by atoms with van der Waals surface area (Å²) in [4.78, 5) is 24.6. The second-order valence-electron chi connectivity index (χ2n) is 10.1. The first-order valence-electron chi connectivity index (χ1n) is 12.4. The van der Waals surface area contributed by atoms with Gasteiger partial charge in [-0.25, -0.2) is 0 Å². The standard InChI is InChI=1S/C25H33N3O.CH2O2/c29-25(24-21-10-1-2-11-22(21)27-13-5-12-23(24)27)26-18-14-19-8-4-9-20(15-18)28(19)16-17-6-3-7-17;2-1-3/h1-2,10-11,17-20H,3-9,12-16H2,(H,26,29);1H,(H,2,3). The van der Waals surface area contributed by atoms with E-state index in [1.807, 2.05) is 0 Å². The van der Waals surface area contributed by atoms with Crippen LogP contribution in [0, 0.1) is 5.92 Å². The molecule has 3 aliphatic heterocycles. The maximum atomic E-state index is 13.4. The van der Waals surface area contributed by atoms with Gasteiger partial charge in [0.05, 0.1) is 5.56 Å². The molecule has 1 aromatic heterocycles. The number of hydrogen-bond acceptors (Lipinski definition) is 3. The molecule has 2 unspecified atom stereocenters. The fourth-order valence-electron chi connectivity index (χ4n) is 6.66. The molecular weight excluding hydrogens is 402 g/mol. The average molecular weight is 438 g/mol. The van der Waals surface area contributed by atoms with Crippen LogP contribution in [-0.2, 0) is 17.8 Å². The van der Waals surface area contributed by atoms with Crippen LogP contribution in [0.2, 0.25) is 0 Å². The van der Waals surface area contributed by atoms with E-state index < -0.39 is 0 Å². The van der Waals surface area contributed by atoms with Crippen LogP contribution in [0.15, 0.2) is 24.3 Å². The van der Waals surface area contributed by atoms with Crippen LogP contribution < -0.4 is 5.32 Å². The van der Waals surface area contributed by atoms with Gasteiger partial charge in [-0.2, -0.15) is 0 Å². The third-order valence-electron chi connectivity index (χ3n) is 8.26. The lowest BCUT2D eigenvalue weighted by molar-refractivity contribution is -0.122. The smallest absolute Gasteiger partial charge is 0.290 e. The number of carbonyl (C=O) groups excluding carboxylic acids is 1. The Morgan fingerprint density at radius 3 is 2.44 bits per heavy atom. The van der Waals surface area contributed by atoms with Crippen molar-refractivity contribution in [3.8, 4) is 0 Å². The van der Waals surface area contributed by atoms with E-state index in [-0.39, 0.29) is 12.4 Å². The minimum atomic E-state index is -0.250. The molecule has 0 radical (unpaired) electrons.